The van der Waals surface area contributed by atoms with Crippen LogP contribution in [0.15, 0.2) is 18.3 Å². The molecule has 1 aromatic heterocycles. The summed E-state index contributed by atoms with van der Waals surface area (Å²) in [5.41, 5.74) is 0.688. The van der Waals surface area contributed by atoms with Crippen molar-refractivity contribution in [3.8, 4) is 0 Å². The Kier molecular flexibility index (Phi) is 3.47. The molecule has 1 N–H and O–H groups in total. The maximum Gasteiger partial charge on any atom is 0.363 e. The first kappa shape index (κ1) is 12.8. The molecule has 1 unspecified atom stereocenters. The molecule has 1 saturated heterocycles. The molecule has 98 valence electrons. The van der Waals surface area contributed by atoms with Crippen molar-refractivity contribution in [2.45, 2.75) is 38.3 Å². The molecule has 0 aromatic carbocycles. The van der Waals surface area contributed by atoms with Crippen molar-refractivity contribution in [1.29, 1.82) is 0 Å². The van der Waals surface area contributed by atoms with Gasteiger partial charge in [-0.1, -0.05) is 0 Å². The van der Waals surface area contributed by atoms with Crippen LogP contribution in [0, 0.1) is 10.1 Å². The van der Waals surface area contributed by atoms with Crippen LogP contribution in [0.25, 0.3) is 0 Å². The Morgan fingerprint density at radius 2 is 2.33 bits per heavy atom. The highest BCUT2D eigenvalue weighted by atomic mass is 16.6. The van der Waals surface area contributed by atoms with Gasteiger partial charge in [-0.05, 0) is 42.7 Å². The van der Waals surface area contributed by atoms with Crippen LogP contribution in [-0.2, 0) is 4.74 Å². The zero-order valence-electron chi connectivity index (χ0n) is 10.5. The minimum atomic E-state index is -0.499. The van der Waals surface area contributed by atoms with Gasteiger partial charge in [0.05, 0.1) is 11.3 Å². The van der Waals surface area contributed by atoms with Gasteiger partial charge in [0.25, 0.3) is 0 Å². The van der Waals surface area contributed by atoms with Gasteiger partial charge >= 0.3 is 5.82 Å². The fourth-order valence-electron chi connectivity index (χ4n) is 2.17. The first-order valence-electron chi connectivity index (χ1n) is 5.97. The molecule has 0 aliphatic carbocycles. The van der Waals surface area contributed by atoms with Crippen LogP contribution in [0.1, 0.15) is 26.7 Å². The third kappa shape index (κ3) is 3.16. The molecule has 6 heteroatoms. The number of aromatic nitrogens is 1. The van der Waals surface area contributed by atoms with E-state index in [4.69, 9.17) is 4.74 Å². The summed E-state index contributed by atoms with van der Waals surface area (Å²) in [5, 5.41) is 13.8. The normalized spacial score (nSPS) is 22.4. The SMILES string of the molecule is CC1(C)CC(Nc2ccc([N+](=O)[O-])nc2)CCO1. The summed E-state index contributed by atoms with van der Waals surface area (Å²) in [6, 6.07) is 3.41. The lowest BCUT2D eigenvalue weighted by molar-refractivity contribution is -0.389. The summed E-state index contributed by atoms with van der Waals surface area (Å²) >= 11 is 0. The molecule has 1 fully saturated rings. The Morgan fingerprint density at radius 1 is 1.56 bits per heavy atom. The van der Waals surface area contributed by atoms with Gasteiger partial charge in [0.1, 0.15) is 0 Å². The Bertz CT molecular complexity index is 431. The van der Waals surface area contributed by atoms with Gasteiger partial charge in [-0.2, -0.15) is 0 Å². The summed E-state index contributed by atoms with van der Waals surface area (Å²) in [4.78, 5) is 13.8. The highest BCUT2D eigenvalue weighted by molar-refractivity contribution is 5.44. The second-order valence-corrected chi connectivity index (χ2v) is 5.10. The number of ether oxygens (including phenoxy) is 1. The quantitative estimate of drug-likeness (QED) is 0.659. The lowest BCUT2D eigenvalue weighted by Crippen LogP contribution is -2.40. The van der Waals surface area contributed by atoms with Crippen LogP contribution in [0.5, 0.6) is 0 Å². The molecule has 1 atom stereocenters. The number of nitrogens with zero attached hydrogens (tertiary/aromatic N) is 2. The smallest absolute Gasteiger partial charge is 0.363 e. The second kappa shape index (κ2) is 4.89. The molecule has 0 radical (unpaired) electrons. The molecule has 0 saturated carbocycles. The first-order valence-corrected chi connectivity index (χ1v) is 5.97. The molecule has 1 aliphatic heterocycles. The minimum absolute atomic E-state index is 0.121. The number of pyridine rings is 1. The largest absolute Gasteiger partial charge is 0.379 e. The highest BCUT2D eigenvalue weighted by Crippen LogP contribution is 2.26. The standard InChI is InChI=1S/C12H17N3O3/c1-12(2)7-9(5-6-18-12)14-10-3-4-11(13-8-10)15(16)17/h3-4,8-9,14H,5-7H2,1-2H3. The van der Waals surface area contributed by atoms with Crippen LogP contribution in [0.3, 0.4) is 0 Å². The van der Waals surface area contributed by atoms with Gasteiger partial charge in [0.2, 0.25) is 0 Å². The summed E-state index contributed by atoms with van der Waals surface area (Å²) < 4.78 is 5.64. The lowest BCUT2D eigenvalue weighted by atomic mass is 9.94. The van der Waals surface area contributed by atoms with E-state index in [0.29, 0.717) is 6.04 Å². The van der Waals surface area contributed by atoms with Crippen LogP contribution in [-0.4, -0.2) is 28.2 Å². The Hall–Kier alpha value is -1.69. The first-order chi connectivity index (χ1) is 8.46. The molecule has 1 aliphatic rings. The summed E-state index contributed by atoms with van der Waals surface area (Å²) in [5.74, 6) is -0.132. The summed E-state index contributed by atoms with van der Waals surface area (Å²) in [6.45, 7) is 4.86. The molecular formula is C12H17N3O3. The van der Waals surface area contributed by atoms with Crippen molar-refractivity contribution >= 4 is 11.5 Å². The van der Waals surface area contributed by atoms with Crippen LogP contribution in [0.4, 0.5) is 11.5 Å². The van der Waals surface area contributed by atoms with Crippen molar-refractivity contribution in [1.82, 2.24) is 4.98 Å². The predicted octanol–water partition coefficient (Wildman–Crippen LogP) is 2.36. The second-order valence-electron chi connectivity index (χ2n) is 5.10. The van der Waals surface area contributed by atoms with Crippen LogP contribution in [0.2, 0.25) is 0 Å². The predicted molar refractivity (Wildman–Crippen MR) is 67.6 cm³/mol. The zero-order valence-corrected chi connectivity index (χ0v) is 10.5. The van der Waals surface area contributed by atoms with Gasteiger partial charge < -0.3 is 20.2 Å². The lowest BCUT2D eigenvalue weighted by Gasteiger charge is -2.36. The van der Waals surface area contributed by atoms with Gasteiger partial charge in [-0.15, -0.1) is 0 Å². The Balaban J connectivity index is 1.99. The average Bonchev–Trinajstić information content (AvgIpc) is 2.28. The Morgan fingerprint density at radius 3 is 2.89 bits per heavy atom. The zero-order chi connectivity index (χ0) is 13.2. The molecule has 0 bridgehead atoms. The van der Waals surface area contributed by atoms with E-state index < -0.39 is 4.92 Å². The fourth-order valence-corrected chi connectivity index (χ4v) is 2.17. The number of rotatable bonds is 3. The van der Waals surface area contributed by atoms with Crippen molar-refractivity contribution in [3.05, 3.63) is 28.4 Å². The molecule has 2 heterocycles. The maximum atomic E-state index is 10.5. The molecule has 18 heavy (non-hydrogen) atoms. The van der Waals surface area contributed by atoms with E-state index >= 15 is 0 Å². The van der Waals surface area contributed by atoms with Crippen molar-refractivity contribution in [2.75, 3.05) is 11.9 Å². The molecular weight excluding hydrogens is 234 g/mol. The highest BCUT2D eigenvalue weighted by Gasteiger charge is 2.28. The number of hydrogen-bond donors (Lipinski definition) is 1. The van der Waals surface area contributed by atoms with E-state index in [1.54, 1.807) is 6.07 Å². The van der Waals surface area contributed by atoms with Gasteiger partial charge in [-0.3, -0.25) is 0 Å². The molecule has 1 aromatic rings. The van der Waals surface area contributed by atoms with E-state index in [1.807, 2.05) is 0 Å². The van der Waals surface area contributed by atoms with Crippen molar-refractivity contribution in [3.63, 3.8) is 0 Å². The molecule has 2 rings (SSSR count). The fraction of sp³-hybridized carbons (Fsp3) is 0.583. The number of hydrogen-bond acceptors (Lipinski definition) is 5. The van der Waals surface area contributed by atoms with E-state index in [0.717, 1.165) is 25.1 Å². The van der Waals surface area contributed by atoms with E-state index in [-0.39, 0.29) is 11.4 Å². The average molecular weight is 251 g/mol. The maximum absolute atomic E-state index is 10.5. The van der Waals surface area contributed by atoms with E-state index in [2.05, 4.69) is 24.1 Å². The van der Waals surface area contributed by atoms with Gasteiger partial charge in [-0.25, -0.2) is 0 Å². The number of anilines is 1. The number of nitrogens with one attached hydrogen (secondary N) is 1. The van der Waals surface area contributed by atoms with Gasteiger partial charge in [0, 0.05) is 18.7 Å². The molecule has 0 amide bonds. The minimum Gasteiger partial charge on any atom is -0.379 e. The topological polar surface area (TPSA) is 77.3 Å². The molecule has 0 spiro atoms. The van der Waals surface area contributed by atoms with Crippen LogP contribution < -0.4 is 5.32 Å². The Labute approximate surface area is 106 Å². The van der Waals surface area contributed by atoms with E-state index in [9.17, 15) is 10.1 Å². The molecule has 6 nitrogen and oxygen atoms in total. The third-order valence-corrected chi connectivity index (χ3v) is 3.00. The van der Waals surface area contributed by atoms with Crippen LogP contribution >= 0.6 is 0 Å². The van der Waals surface area contributed by atoms with E-state index in [1.165, 1.54) is 12.3 Å². The van der Waals surface area contributed by atoms with Crippen molar-refractivity contribution in [2.24, 2.45) is 0 Å². The van der Waals surface area contributed by atoms with Crippen molar-refractivity contribution < 1.29 is 9.66 Å². The summed E-state index contributed by atoms with van der Waals surface area (Å²) in [7, 11) is 0. The van der Waals surface area contributed by atoms with Gasteiger partial charge in [0.15, 0.2) is 6.20 Å². The monoisotopic (exact) mass is 251 g/mol. The summed E-state index contributed by atoms with van der Waals surface area (Å²) in [6.07, 6.45) is 3.34. The third-order valence-electron chi connectivity index (χ3n) is 3.00. The number of nitro groups is 1.